The summed E-state index contributed by atoms with van der Waals surface area (Å²) in [4.78, 5) is 19.6. The third kappa shape index (κ3) is 3.00. The molecule has 1 amide bonds. The molecule has 0 radical (unpaired) electrons. The van der Waals surface area contributed by atoms with Crippen LogP contribution in [0.15, 0.2) is 12.4 Å². The molecule has 1 aliphatic rings. The van der Waals surface area contributed by atoms with Gasteiger partial charge in [0.05, 0.1) is 23.4 Å². The third-order valence-electron chi connectivity index (χ3n) is 2.56. The molecular formula is C10H13N3O3S. The largest absolute Gasteiger partial charge is 0.347 e. The Morgan fingerprint density at radius 1 is 1.47 bits per heavy atom. The quantitative estimate of drug-likeness (QED) is 0.784. The van der Waals surface area contributed by atoms with Gasteiger partial charge in [-0.25, -0.2) is 13.4 Å². The van der Waals surface area contributed by atoms with E-state index in [1.807, 2.05) is 0 Å². The number of carbonyl (C=O) groups excluding carboxylic acids is 1. The van der Waals surface area contributed by atoms with Gasteiger partial charge in [-0.1, -0.05) is 0 Å². The Bertz CT molecular complexity index is 541. The highest BCUT2D eigenvalue weighted by molar-refractivity contribution is 7.91. The van der Waals surface area contributed by atoms with E-state index in [9.17, 15) is 13.2 Å². The van der Waals surface area contributed by atoms with Crippen molar-refractivity contribution in [1.82, 2.24) is 15.3 Å². The molecule has 1 atom stereocenters. The van der Waals surface area contributed by atoms with E-state index in [1.165, 1.54) is 6.20 Å². The lowest BCUT2D eigenvalue weighted by atomic mass is 10.2. The van der Waals surface area contributed by atoms with Gasteiger partial charge >= 0.3 is 0 Å². The van der Waals surface area contributed by atoms with Crippen LogP contribution in [0, 0.1) is 6.92 Å². The van der Waals surface area contributed by atoms with E-state index in [-0.39, 0.29) is 29.1 Å². The Morgan fingerprint density at radius 3 is 2.82 bits per heavy atom. The fourth-order valence-corrected chi connectivity index (χ4v) is 3.41. The molecule has 1 aliphatic heterocycles. The van der Waals surface area contributed by atoms with Crippen molar-refractivity contribution in [3.8, 4) is 0 Å². The smallest absolute Gasteiger partial charge is 0.271 e. The normalized spacial score (nSPS) is 22.3. The minimum absolute atomic E-state index is 0.0119. The van der Waals surface area contributed by atoms with Gasteiger partial charge in [0.2, 0.25) is 0 Å². The number of aromatic nitrogens is 2. The second kappa shape index (κ2) is 4.40. The van der Waals surface area contributed by atoms with E-state index in [0.29, 0.717) is 12.1 Å². The number of rotatable bonds is 2. The van der Waals surface area contributed by atoms with Gasteiger partial charge in [-0.15, -0.1) is 0 Å². The van der Waals surface area contributed by atoms with Crippen LogP contribution < -0.4 is 5.32 Å². The number of hydrogen-bond acceptors (Lipinski definition) is 5. The van der Waals surface area contributed by atoms with E-state index < -0.39 is 9.84 Å². The highest BCUT2D eigenvalue weighted by atomic mass is 32.2. The number of sulfone groups is 1. The Kier molecular flexibility index (Phi) is 3.10. The summed E-state index contributed by atoms with van der Waals surface area (Å²) in [5.74, 6) is -0.224. The van der Waals surface area contributed by atoms with Crippen LogP contribution in [0.5, 0.6) is 0 Å². The Morgan fingerprint density at radius 2 is 2.24 bits per heavy atom. The Hall–Kier alpha value is -1.50. The summed E-state index contributed by atoms with van der Waals surface area (Å²) in [7, 11) is -2.98. The summed E-state index contributed by atoms with van der Waals surface area (Å²) < 4.78 is 22.5. The molecule has 1 aromatic rings. The van der Waals surface area contributed by atoms with Crippen LogP contribution in [-0.4, -0.2) is 41.8 Å². The molecule has 92 valence electrons. The average molecular weight is 255 g/mol. The first kappa shape index (κ1) is 12.0. The molecule has 2 rings (SSSR count). The molecule has 17 heavy (non-hydrogen) atoms. The Balaban J connectivity index is 2.03. The van der Waals surface area contributed by atoms with Crippen LogP contribution in [0.1, 0.15) is 22.6 Å². The van der Waals surface area contributed by atoms with Crippen molar-refractivity contribution in [2.75, 3.05) is 11.5 Å². The maximum absolute atomic E-state index is 11.8. The molecule has 1 saturated heterocycles. The summed E-state index contributed by atoms with van der Waals surface area (Å²) in [6, 6.07) is -0.310. The van der Waals surface area contributed by atoms with Crippen LogP contribution in [0.25, 0.3) is 0 Å². The first-order valence-corrected chi connectivity index (χ1v) is 7.08. The van der Waals surface area contributed by atoms with Crippen molar-refractivity contribution in [3.05, 3.63) is 23.8 Å². The first-order chi connectivity index (χ1) is 7.96. The van der Waals surface area contributed by atoms with Gasteiger partial charge in [0.25, 0.3) is 5.91 Å². The zero-order valence-corrected chi connectivity index (χ0v) is 10.2. The summed E-state index contributed by atoms with van der Waals surface area (Å²) in [5, 5.41) is 2.66. The van der Waals surface area contributed by atoms with Crippen molar-refractivity contribution in [1.29, 1.82) is 0 Å². The minimum atomic E-state index is -2.98. The molecule has 2 heterocycles. The third-order valence-corrected chi connectivity index (χ3v) is 4.32. The standard InChI is InChI=1S/C10H13N3O3S/c1-7-4-11-5-9(12-7)10(14)13-8-2-3-17(15,16)6-8/h4-5,8H,2-3,6H2,1H3,(H,13,14). The Labute approximate surface area is 99.4 Å². The molecule has 0 aliphatic carbocycles. The van der Waals surface area contributed by atoms with Crippen LogP contribution in [-0.2, 0) is 9.84 Å². The summed E-state index contributed by atoms with van der Waals surface area (Å²) in [6.07, 6.45) is 3.38. The highest BCUT2D eigenvalue weighted by Crippen LogP contribution is 2.11. The lowest BCUT2D eigenvalue weighted by molar-refractivity contribution is 0.0935. The average Bonchev–Trinajstić information content (AvgIpc) is 2.58. The van der Waals surface area contributed by atoms with Gasteiger partial charge in [0.15, 0.2) is 9.84 Å². The number of carbonyl (C=O) groups is 1. The van der Waals surface area contributed by atoms with Crippen molar-refractivity contribution in [2.45, 2.75) is 19.4 Å². The number of nitrogens with one attached hydrogen (secondary N) is 1. The molecule has 0 spiro atoms. The molecule has 1 aromatic heterocycles. The maximum atomic E-state index is 11.8. The maximum Gasteiger partial charge on any atom is 0.271 e. The zero-order chi connectivity index (χ0) is 12.5. The van der Waals surface area contributed by atoms with Crippen molar-refractivity contribution >= 4 is 15.7 Å². The summed E-state index contributed by atoms with van der Waals surface area (Å²) >= 11 is 0. The van der Waals surface area contributed by atoms with E-state index >= 15 is 0 Å². The molecule has 6 nitrogen and oxygen atoms in total. The summed E-state index contributed by atoms with van der Waals surface area (Å²) in [6.45, 7) is 1.74. The molecule has 0 aromatic carbocycles. The van der Waals surface area contributed by atoms with Gasteiger partial charge in [-0.05, 0) is 13.3 Å². The molecule has 7 heteroatoms. The predicted octanol–water partition coefficient (Wildman–Crippen LogP) is -0.298. The van der Waals surface area contributed by atoms with Crippen molar-refractivity contribution < 1.29 is 13.2 Å². The molecule has 1 fully saturated rings. The van der Waals surface area contributed by atoms with Gasteiger partial charge in [-0.3, -0.25) is 9.78 Å². The van der Waals surface area contributed by atoms with Crippen LogP contribution in [0.4, 0.5) is 0 Å². The van der Waals surface area contributed by atoms with Crippen molar-refractivity contribution in [3.63, 3.8) is 0 Å². The van der Waals surface area contributed by atoms with Gasteiger partial charge in [0, 0.05) is 12.2 Å². The fraction of sp³-hybridized carbons (Fsp3) is 0.500. The fourth-order valence-electron chi connectivity index (χ4n) is 1.74. The molecule has 0 bridgehead atoms. The molecular weight excluding hydrogens is 242 g/mol. The molecule has 1 unspecified atom stereocenters. The van der Waals surface area contributed by atoms with Crippen LogP contribution in [0.3, 0.4) is 0 Å². The topological polar surface area (TPSA) is 89.0 Å². The molecule has 0 saturated carbocycles. The highest BCUT2D eigenvalue weighted by Gasteiger charge is 2.29. The SMILES string of the molecule is Cc1cncc(C(=O)NC2CCS(=O)(=O)C2)n1. The second-order valence-electron chi connectivity index (χ2n) is 4.12. The van der Waals surface area contributed by atoms with E-state index in [4.69, 9.17) is 0 Å². The number of hydrogen-bond donors (Lipinski definition) is 1. The van der Waals surface area contributed by atoms with Crippen LogP contribution in [0.2, 0.25) is 0 Å². The molecule has 1 N–H and O–H groups in total. The predicted molar refractivity (Wildman–Crippen MR) is 61.3 cm³/mol. The minimum Gasteiger partial charge on any atom is -0.347 e. The lowest BCUT2D eigenvalue weighted by Gasteiger charge is -2.09. The first-order valence-electron chi connectivity index (χ1n) is 5.26. The number of amides is 1. The number of nitrogens with zero attached hydrogens (tertiary/aromatic N) is 2. The number of aryl methyl sites for hydroxylation is 1. The summed E-state index contributed by atoms with van der Waals surface area (Å²) in [5.41, 5.74) is 0.867. The van der Waals surface area contributed by atoms with Gasteiger partial charge < -0.3 is 5.32 Å². The van der Waals surface area contributed by atoms with Crippen molar-refractivity contribution in [2.24, 2.45) is 0 Å². The zero-order valence-electron chi connectivity index (χ0n) is 9.38. The van der Waals surface area contributed by atoms with Gasteiger partial charge in [-0.2, -0.15) is 0 Å². The van der Waals surface area contributed by atoms with E-state index in [0.717, 1.165) is 0 Å². The van der Waals surface area contributed by atoms with Gasteiger partial charge in [0.1, 0.15) is 5.69 Å². The van der Waals surface area contributed by atoms with E-state index in [1.54, 1.807) is 13.1 Å². The lowest BCUT2D eigenvalue weighted by Crippen LogP contribution is -2.36. The monoisotopic (exact) mass is 255 g/mol. The second-order valence-corrected chi connectivity index (χ2v) is 6.35. The van der Waals surface area contributed by atoms with E-state index in [2.05, 4.69) is 15.3 Å². The van der Waals surface area contributed by atoms with Crippen LogP contribution >= 0.6 is 0 Å².